The van der Waals surface area contributed by atoms with E-state index in [-0.39, 0.29) is 69.7 Å². The van der Waals surface area contributed by atoms with Crippen LogP contribution in [0.1, 0.15) is 0 Å². The molecule has 0 aliphatic carbocycles. The van der Waals surface area contributed by atoms with E-state index in [1.54, 1.807) is 0 Å². The normalized spacial score (nSPS) is 7.50. The predicted molar refractivity (Wildman–Crippen MR) is 34.7 cm³/mol. The van der Waals surface area contributed by atoms with E-state index in [4.69, 9.17) is 55.9 Å². The molecule has 0 fully saturated rings. The Bertz CT molecular complexity index is 93.9. The van der Waals surface area contributed by atoms with E-state index in [2.05, 4.69) is 0 Å². The number of rotatable bonds is 0. The second kappa shape index (κ2) is 35.1. The Morgan fingerprint density at radius 3 is 0.250 bits per heavy atom. The van der Waals surface area contributed by atoms with Crippen molar-refractivity contribution in [2.75, 3.05) is 0 Å². The van der Waals surface area contributed by atoms with Crippen LogP contribution in [0.5, 0.6) is 0 Å². The van der Waals surface area contributed by atoms with Crippen molar-refractivity contribution in [2.24, 2.45) is 0 Å². The minimum Gasteiger partial charge on any atom is -0.412 e. The van der Waals surface area contributed by atoms with Crippen LogP contribution in [0.3, 0.4) is 0 Å². The maximum Gasteiger partial charge on any atom is 3.00 e. The molecule has 0 unspecified atom stereocenters. The van der Waals surface area contributed by atoms with Crippen LogP contribution in [0.25, 0.3) is 0 Å². The van der Waals surface area contributed by atoms with Crippen LogP contribution in [0.15, 0.2) is 0 Å². The molecule has 0 saturated carbocycles. The summed E-state index contributed by atoms with van der Waals surface area (Å²) >= 11 is 0. The Kier molecular flexibility index (Phi) is 125. The van der Waals surface area contributed by atoms with Gasteiger partial charge in [-0.25, -0.2) is 55.9 Å². The van der Waals surface area contributed by atoms with Gasteiger partial charge in [0.15, 0.2) is 0 Å². The van der Waals surface area contributed by atoms with Crippen molar-refractivity contribution in [1.82, 2.24) is 0 Å². The average molecular weight is 557 g/mol. The Labute approximate surface area is 156 Å². The zero-order valence-corrected chi connectivity index (χ0v) is 16.2. The van der Waals surface area contributed by atoms with E-state index in [0.717, 1.165) is 0 Å². The van der Waals surface area contributed by atoms with Crippen LogP contribution in [-0.2, 0) is 0 Å². The number of hydrogen-bond donors (Lipinski definition) is 0. The third-order valence-corrected chi connectivity index (χ3v) is 0. The zero-order valence-electron chi connectivity index (χ0n) is 10.6. The van der Waals surface area contributed by atoms with Gasteiger partial charge in [-0.05, 0) is 0 Å². The maximum atomic E-state index is 8.49. The van der Waals surface area contributed by atoms with E-state index < -0.39 is 30.7 Å². The summed E-state index contributed by atoms with van der Waals surface area (Å²) in [5, 5.41) is 0. The van der Waals surface area contributed by atoms with E-state index >= 15 is 0 Å². The Balaban J connectivity index is -0.00000000758. The smallest absolute Gasteiger partial charge is 0.412 e. The van der Waals surface area contributed by atoms with Gasteiger partial charge in [0, 0.05) is 0 Å². The summed E-state index contributed by atoms with van der Waals surface area (Å²) in [4.78, 5) is 0. The van der Waals surface area contributed by atoms with Gasteiger partial charge in [-0.3, -0.25) is 0 Å². The van der Waals surface area contributed by atoms with Crippen molar-refractivity contribution in [1.29, 1.82) is 0 Å². The van der Waals surface area contributed by atoms with Gasteiger partial charge in [-0.1, -0.05) is 0 Å². The van der Waals surface area contributed by atoms with Crippen molar-refractivity contribution in [3.63, 3.8) is 0 Å². The predicted octanol–water partition coefficient (Wildman–Crippen LogP) is -21.2. The third-order valence-electron chi connectivity index (χ3n) is 0. The molecule has 0 aliphatic rings. The second-order valence-electron chi connectivity index (χ2n) is 1.13. The van der Waals surface area contributed by atoms with Crippen LogP contribution in [0, 0.1) is 30.7 Å². The fraction of sp³-hybridized carbons (Fsp3) is 0. The molecule has 0 aromatic carbocycles. The van der Waals surface area contributed by atoms with E-state index in [9.17, 15) is 0 Å². The SMILES string of the molecule is O.O.O.O.O.O.O.O.[In+3].[O-][Cl+3]([O-])([O-])[O-].[O-][Cl+3]([O-])([O-])[O-].[O-][Cl+3]([O-])([O-])[O-]. The molecule has 0 heterocycles. The molecular weight excluding hydrogens is 541 g/mol. The van der Waals surface area contributed by atoms with Crippen LogP contribution in [0.2, 0.25) is 0 Å². The van der Waals surface area contributed by atoms with Crippen LogP contribution < -0.4 is 55.9 Å². The van der Waals surface area contributed by atoms with E-state index in [0.29, 0.717) is 0 Å². The molecule has 0 aliphatic heterocycles. The first kappa shape index (κ1) is 85.4. The summed E-state index contributed by atoms with van der Waals surface area (Å²) in [6, 6.07) is 0. The molecule has 160 valence electrons. The second-order valence-corrected chi connectivity index (χ2v) is 3.40. The molecule has 24 heteroatoms. The summed E-state index contributed by atoms with van der Waals surface area (Å²) in [6.45, 7) is 0. The van der Waals surface area contributed by atoms with Gasteiger partial charge in [0.25, 0.3) is 0 Å². The van der Waals surface area contributed by atoms with Crippen LogP contribution >= 0.6 is 0 Å². The molecule has 0 amide bonds. The molecular formula is H16Cl3InO20. The van der Waals surface area contributed by atoms with Gasteiger partial charge in [0.05, 0.1) is 0 Å². The molecule has 0 atom stereocenters. The van der Waals surface area contributed by atoms with Gasteiger partial charge in [0.2, 0.25) is 0 Å². The first-order valence-corrected chi connectivity index (χ1v) is 5.55. The first-order chi connectivity index (χ1) is 6.00. The van der Waals surface area contributed by atoms with Crippen molar-refractivity contribution < 1.29 is 130 Å². The quantitative estimate of drug-likeness (QED) is 0.268. The molecule has 0 aromatic heterocycles. The molecule has 0 radical (unpaired) electrons. The van der Waals surface area contributed by atoms with Crippen molar-refractivity contribution in [3.8, 4) is 0 Å². The largest absolute Gasteiger partial charge is 3.00 e. The monoisotopic (exact) mass is 556 g/mol. The summed E-state index contributed by atoms with van der Waals surface area (Å²) < 4.78 is 102. The molecule has 0 spiro atoms. The Hall–Kier alpha value is 0.940. The minimum atomic E-state index is -4.94. The maximum absolute atomic E-state index is 8.49. The molecule has 0 bridgehead atoms. The van der Waals surface area contributed by atoms with Gasteiger partial charge in [-0.15, -0.1) is 30.7 Å². The molecule has 20 nitrogen and oxygen atoms in total. The first-order valence-electron chi connectivity index (χ1n) is 1.85. The summed E-state index contributed by atoms with van der Waals surface area (Å²) in [6.07, 6.45) is 0. The van der Waals surface area contributed by atoms with Crippen molar-refractivity contribution >= 4 is 25.8 Å². The fourth-order valence-electron chi connectivity index (χ4n) is 0. The number of hydrogen-bond acceptors (Lipinski definition) is 12. The fourth-order valence-corrected chi connectivity index (χ4v) is 0. The topological polar surface area (TPSA) is 529 Å². The number of halogens is 3. The Morgan fingerprint density at radius 2 is 0.250 bits per heavy atom. The molecule has 0 saturated heterocycles. The van der Waals surface area contributed by atoms with E-state index in [1.807, 2.05) is 0 Å². The minimum absolute atomic E-state index is 0. The average Bonchev–Trinajstić information content (AvgIpc) is 1.41. The molecule has 24 heavy (non-hydrogen) atoms. The van der Waals surface area contributed by atoms with Gasteiger partial charge < -0.3 is 43.8 Å². The molecule has 0 aromatic rings. The van der Waals surface area contributed by atoms with Crippen molar-refractivity contribution in [3.05, 3.63) is 0 Å². The standard InChI is InChI=1S/3ClHO4.In.8H2O/c3*2-1(3,4)5;;;;;;;;;/h3*(H,2,3,4,5);;8*1H2/q;;;+3;;;;;;;;/p-3. The summed E-state index contributed by atoms with van der Waals surface area (Å²) in [5.74, 6) is 0. The van der Waals surface area contributed by atoms with Gasteiger partial charge in [-0.2, -0.15) is 0 Å². The third kappa shape index (κ3) is 12500. The zero-order chi connectivity index (χ0) is 13.5. The van der Waals surface area contributed by atoms with Gasteiger partial charge >= 0.3 is 25.8 Å². The molecule has 16 N–H and O–H groups in total. The summed E-state index contributed by atoms with van der Waals surface area (Å²) in [5.41, 5.74) is 0. The van der Waals surface area contributed by atoms with E-state index in [1.165, 1.54) is 0 Å². The summed E-state index contributed by atoms with van der Waals surface area (Å²) in [7, 11) is -14.8. The Morgan fingerprint density at radius 1 is 0.250 bits per heavy atom. The molecule has 0 rings (SSSR count). The van der Waals surface area contributed by atoms with Gasteiger partial charge in [0.1, 0.15) is 0 Å². The van der Waals surface area contributed by atoms with Crippen LogP contribution in [0.4, 0.5) is 0 Å². The van der Waals surface area contributed by atoms with Crippen molar-refractivity contribution in [2.45, 2.75) is 0 Å². The van der Waals surface area contributed by atoms with Crippen LogP contribution in [-0.4, -0.2) is 69.7 Å².